The molecule has 0 bridgehead atoms. The Morgan fingerprint density at radius 2 is 1.84 bits per heavy atom. The predicted octanol–water partition coefficient (Wildman–Crippen LogP) is 8.05. The molecule has 2 N–H and O–H groups in total. The topological polar surface area (TPSA) is 92.8 Å². The third-order valence-corrected chi connectivity index (χ3v) is 8.80. The zero-order valence-electron chi connectivity index (χ0n) is 26.0. The van der Waals surface area contributed by atoms with Gasteiger partial charge in [-0.3, -0.25) is 14.4 Å². The fourth-order valence-electron chi connectivity index (χ4n) is 4.31. The first-order valence-corrected chi connectivity index (χ1v) is 16.1. The Labute approximate surface area is 268 Å². The number of cyclic esters (lactones) is 1. The normalized spacial score (nSPS) is 14.6. The fourth-order valence-corrected chi connectivity index (χ4v) is 6.22. The highest BCUT2D eigenvalue weighted by molar-refractivity contribution is 7.97. The van der Waals surface area contributed by atoms with Crippen molar-refractivity contribution in [3.8, 4) is 21.0 Å². The Bertz CT molecular complexity index is 1520. The fraction of sp³-hybridized carbons (Fsp3) is 0.324. The van der Waals surface area contributed by atoms with E-state index in [9.17, 15) is 9.59 Å². The smallest absolute Gasteiger partial charge is 0.414 e. The molecule has 1 unspecified atom stereocenters. The van der Waals surface area contributed by atoms with Crippen molar-refractivity contribution in [2.75, 3.05) is 23.8 Å². The molecule has 4 aromatic rings. The van der Waals surface area contributed by atoms with Crippen LogP contribution < -0.4 is 14.9 Å². The third kappa shape index (κ3) is 9.32. The molecule has 232 valence electrons. The van der Waals surface area contributed by atoms with Crippen LogP contribution >= 0.6 is 23.3 Å². The van der Waals surface area contributed by atoms with Gasteiger partial charge in [0.1, 0.15) is 11.1 Å². The summed E-state index contributed by atoms with van der Waals surface area (Å²) in [6.45, 7) is 11.0. The van der Waals surface area contributed by atoms with Crippen LogP contribution in [0.25, 0.3) is 21.0 Å². The van der Waals surface area contributed by atoms with Crippen LogP contribution in [0, 0.1) is 0 Å². The number of carbonyl (C=O) groups is 2. The molecule has 1 saturated heterocycles. The Morgan fingerprint density at radius 3 is 2.45 bits per heavy atom. The summed E-state index contributed by atoms with van der Waals surface area (Å²) in [5, 5.41) is 4.12. The van der Waals surface area contributed by atoms with Crippen LogP contribution in [0.15, 0.2) is 83.9 Å². The molecule has 10 heteroatoms. The van der Waals surface area contributed by atoms with Gasteiger partial charge in [0, 0.05) is 52.6 Å². The maximum Gasteiger partial charge on any atom is 0.414 e. The number of thiazole rings is 1. The number of rotatable bonds is 10. The Morgan fingerprint density at radius 1 is 1.11 bits per heavy atom. The van der Waals surface area contributed by atoms with Crippen molar-refractivity contribution in [1.29, 1.82) is 0 Å². The van der Waals surface area contributed by atoms with E-state index < -0.39 is 0 Å². The summed E-state index contributed by atoms with van der Waals surface area (Å²) in [5.74, 6) is 0. The number of hydrogen-bond donors (Lipinski definition) is 2. The standard InChI is InChI=1S/C30H32N4O2S2.C4H8O2/c1-30(2,3)33-38-26-17-23(34-19-24(36-29(34)35)16-20-8-6-5-7-9-20)14-15-25(26)27-18-32-28(37-27)21-10-12-22(31-4)13-11-21;1-4(2)6-3-5/h5-15,17-18,24,31,33H,16,19H2,1-4H3;3-4H,1-2H3. The highest BCUT2D eigenvalue weighted by Gasteiger charge is 2.33. The second kappa shape index (κ2) is 15.2. The molecule has 0 spiro atoms. The predicted molar refractivity (Wildman–Crippen MR) is 181 cm³/mol. The Hall–Kier alpha value is -3.86. The number of amides is 1. The largest absolute Gasteiger partial charge is 0.465 e. The molecule has 1 amide bonds. The van der Waals surface area contributed by atoms with Crippen molar-refractivity contribution >= 4 is 47.2 Å². The van der Waals surface area contributed by atoms with Crippen molar-refractivity contribution in [1.82, 2.24) is 9.71 Å². The molecule has 1 aliphatic rings. The van der Waals surface area contributed by atoms with E-state index in [2.05, 4.69) is 84.1 Å². The van der Waals surface area contributed by atoms with Crippen LogP contribution in [-0.2, 0) is 20.7 Å². The molecule has 8 nitrogen and oxygen atoms in total. The van der Waals surface area contributed by atoms with Crippen LogP contribution in [0.4, 0.5) is 16.2 Å². The Kier molecular flexibility index (Phi) is 11.4. The van der Waals surface area contributed by atoms with E-state index in [4.69, 9.17) is 9.72 Å². The highest BCUT2D eigenvalue weighted by Crippen LogP contribution is 2.40. The molecule has 1 atom stereocenters. The second-order valence-electron chi connectivity index (χ2n) is 11.6. The third-order valence-electron chi connectivity index (χ3n) is 6.44. The van der Waals surface area contributed by atoms with Crippen molar-refractivity contribution in [3.63, 3.8) is 0 Å². The number of benzene rings is 3. The van der Waals surface area contributed by atoms with Gasteiger partial charge in [0.15, 0.2) is 0 Å². The molecule has 3 aromatic carbocycles. The number of nitrogens with zero attached hydrogens (tertiary/aromatic N) is 2. The lowest BCUT2D eigenvalue weighted by Gasteiger charge is -2.22. The van der Waals surface area contributed by atoms with E-state index in [0.717, 1.165) is 42.8 Å². The van der Waals surface area contributed by atoms with E-state index in [-0.39, 0.29) is 23.8 Å². The first-order chi connectivity index (χ1) is 21.1. The molecule has 5 rings (SSSR count). The zero-order chi connectivity index (χ0) is 31.7. The van der Waals surface area contributed by atoms with Gasteiger partial charge in [-0.15, -0.1) is 11.3 Å². The summed E-state index contributed by atoms with van der Waals surface area (Å²) in [5.41, 5.74) is 5.15. The number of anilines is 2. The van der Waals surface area contributed by atoms with Gasteiger partial charge in [-0.25, -0.2) is 9.78 Å². The lowest BCUT2D eigenvalue weighted by molar-refractivity contribution is -0.131. The van der Waals surface area contributed by atoms with Gasteiger partial charge in [-0.1, -0.05) is 36.4 Å². The summed E-state index contributed by atoms with van der Waals surface area (Å²) in [4.78, 5) is 30.8. The molecule has 44 heavy (non-hydrogen) atoms. The lowest BCUT2D eigenvalue weighted by atomic mass is 10.1. The lowest BCUT2D eigenvalue weighted by Crippen LogP contribution is -2.30. The van der Waals surface area contributed by atoms with Crippen LogP contribution in [0.1, 0.15) is 40.2 Å². The molecule has 1 fully saturated rings. The summed E-state index contributed by atoms with van der Waals surface area (Å²) < 4.78 is 13.6. The van der Waals surface area contributed by atoms with E-state index in [0.29, 0.717) is 19.4 Å². The van der Waals surface area contributed by atoms with Gasteiger partial charge >= 0.3 is 6.09 Å². The maximum atomic E-state index is 12.8. The van der Waals surface area contributed by atoms with Crippen molar-refractivity contribution in [2.45, 2.75) is 63.7 Å². The molecule has 1 aromatic heterocycles. The van der Waals surface area contributed by atoms with Crippen LogP contribution in [0.5, 0.6) is 0 Å². The highest BCUT2D eigenvalue weighted by atomic mass is 32.2. The summed E-state index contributed by atoms with van der Waals surface area (Å²) in [6.07, 6.45) is 2.19. The monoisotopic (exact) mass is 632 g/mol. The SMILES string of the molecule is CC(C)OC=O.CNc1ccc(-c2ncc(-c3ccc(N4CC(Cc5ccccc5)OC4=O)cc3SNC(C)(C)C)s2)cc1. The first kappa shape index (κ1) is 33.0. The van der Waals surface area contributed by atoms with Crippen LogP contribution in [0.2, 0.25) is 0 Å². The zero-order valence-corrected chi connectivity index (χ0v) is 27.6. The van der Waals surface area contributed by atoms with Gasteiger partial charge < -0.3 is 14.8 Å². The van der Waals surface area contributed by atoms with E-state index >= 15 is 0 Å². The Balaban J connectivity index is 0.000000670. The van der Waals surface area contributed by atoms with Crippen molar-refractivity contribution in [3.05, 3.63) is 84.6 Å². The van der Waals surface area contributed by atoms with Crippen LogP contribution in [0.3, 0.4) is 0 Å². The van der Waals surface area contributed by atoms with Gasteiger partial charge in [0.25, 0.3) is 6.47 Å². The maximum absolute atomic E-state index is 12.8. The minimum absolute atomic E-state index is 0.0301. The first-order valence-electron chi connectivity index (χ1n) is 14.5. The quantitative estimate of drug-likeness (QED) is 0.134. The molecule has 2 heterocycles. The summed E-state index contributed by atoms with van der Waals surface area (Å²) >= 11 is 3.24. The van der Waals surface area contributed by atoms with Gasteiger partial charge in [0.05, 0.1) is 17.5 Å². The molecule has 0 saturated carbocycles. The molecule has 1 aliphatic heterocycles. The second-order valence-corrected chi connectivity index (χ2v) is 13.5. The van der Waals surface area contributed by atoms with Gasteiger partial charge in [-0.05, 0) is 88.5 Å². The van der Waals surface area contributed by atoms with Crippen molar-refractivity contribution in [2.24, 2.45) is 0 Å². The average Bonchev–Trinajstić information content (AvgIpc) is 3.63. The van der Waals surface area contributed by atoms with Crippen molar-refractivity contribution < 1.29 is 19.1 Å². The van der Waals surface area contributed by atoms with E-state index in [1.807, 2.05) is 37.5 Å². The van der Waals surface area contributed by atoms with Gasteiger partial charge in [-0.2, -0.15) is 0 Å². The molecular formula is C34H40N4O4S2. The van der Waals surface area contributed by atoms with E-state index in [1.54, 1.807) is 42.0 Å². The number of nitrogens with one attached hydrogen (secondary N) is 2. The van der Waals surface area contributed by atoms with E-state index in [1.165, 1.54) is 0 Å². The number of ether oxygens (including phenoxy) is 2. The molecular weight excluding hydrogens is 593 g/mol. The summed E-state index contributed by atoms with van der Waals surface area (Å²) in [7, 11) is 1.91. The number of aromatic nitrogens is 1. The number of carbonyl (C=O) groups excluding carboxylic acids is 2. The molecule has 0 aliphatic carbocycles. The van der Waals surface area contributed by atoms with Gasteiger partial charge in [0.2, 0.25) is 0 Å². The average molecular weight is 633 g/mol. The summed E-state index contributed by atoms with van der Waals surface area (Å²) in [6, 6.07) is 24.6. The number of hydrogen-bond acceptors (Lipinski definition) is 9. The molecule has 0 radical (unpaired) electrons. The minimum atomic E-state index is -0.302. The minimum Gasteiger partial charge on any atom is -0.465 e. The van der Waals surface area contributed by atoms with Crippen LogP contribution in [-0.4, -0.2) is 48.9 Å².